The number of hydrogen-bond acceptors (Lipinski definition) is 14. The van der Waals surface area contributed by atoms with Crippen LogP contribution in [-0.4, -0.2) is 143 Å². The highest BCUT2D eigenvalue weighted by molar-refractivity contribution is 5.92. The van der Waals surface area contributed by atoms with Gasteiger partial charge in [-0.25, -0.2) is 0 Å². The molecule has 12 atom stereocenters. The maximum absolute atomic E-state index is 15.0. The predicted octanol–water partition coefficient (Wildman–Crippen LogP) is 2.67. The summed E-state index contributed by atoms with van der Waals surface area (Å²) in [6.07, 6.45) is 12.8. The molecule has 3 aliphatic rings. The first-order chi connectivity index (χ1) is 39.9. The minimum Gasteiger partial charge on any atom is -0.508 e. The molecule has 0 heterocycles. The Balaban J connectivity index is 1.35. The third-order valence-electron chi connectivity index (χ3n) is 16.9. The molecule has 0 aromatic heterocycles. The SMILES string of the molecule is CCCC[C@@H](NC(=O)C(CCCCN)NC(=O)C1CCCC[C@H]1NC(C)=O)C(C=O)N(C)C(Cc1ccc(O)cc1)C(=O)N[C@@H]1CCCC[C@@H]1C(=O)NC(CCCCN)C(=O)N[C@@H]1CCCCC1C(=O)N[C@H](Cc1ccc(O)cc1)C(N)=O. The maximum Gasteiger partial charge on any atom is 0.242 e. The van der Waals surface area contributed by atoms with Crippen LogP contribution in [0.4, 0.5) is 0 Å². The number of likely N-dealkylation sites (N-methyl/N-ethyl adjacent to an activating group) is 1. The molecule has 3 fully saturated rings. The van der Waals surface area contributed by atoms with E-state index in [1.165, 1.54) is 31.2 Å². The summed E-state index contributed by atoms with van der Waals surface area (Å²) in [7, 11) is 1.64. The molecule has 5 rings (SSSR count). The molecule has 15 N–H and O–H groups in total. The van der Waals surface area contributed by atoms with Crippen LogP contribution in [0.15, 0.2) is 48.5 Å². The number of phenolic OH excluding ortho intramolecular Hbond substituents is 2. The van der Waals surface area contributed by atoms with Gasteiger partial charge in [0, 0.05) is 31.5 Å². The van der Waals surface area contributed by atoms with Crippen molar-refractivity contribution in [3.8, 4) is 11.5 Å². The van der Waals surface area contributed by atoms with Gasteiger partial charge in [-0.2, -0.15) is 0 Å². The van der Waals surface area contributed by atoms with Gasteiger partial charge in [-0.3, -0.25) is 43.3 Å². The van der Waals surface area contributed by atoms with Crippen LogP contribution in [0.1, 0.15) is 160 Å². The number of nitrogens with two attached hydrogens (primary N) is 3. The molecule has 3 saturated carbocycles. The zero-order valence-electron chi connectivity index (χ0n) is 49.0. The van der Waals surface area contributed by atoms with Gasteiger partial charge in [0.2, 0.25) is 47.3 Å². The Hall–Kier alpha value is -6.65. The molecule has 6 unspecified atom stereocenters. The van der Waals surface area contributed by atoms with E-state index in [0.717, 1.165) is 25.7 Å². The minimum absolute atomic E-state index is 0.0186. The number of carbonyl (C=O) groups is 9. The number of carbonyl (C=O) groups excluding carboxylic acids is 9. The monoisotopic (exact) mass is 1160 g/mol. The quantitative estimate of drug-likeness (QED) is 0.0361. The van der Waals surface area contributed by atoms with Crippen LogP contribution in [0.2, 0.25) is 0 Å². The van der Waals surface area contributed by atoms with E-state index >= 15 is 4.79 Å². The Bertz CT molecular complexity index is 2430. The first kappa shape index (κ1) is 67.1. The number of nitrogens with one attached hydrogen (secondary N) is 7. The highest BCUT2D eigenvalue weighted by atomic mass is 16.3. The van der Waals surface area contributed by atoms with Crippen LogP contribution >= 0.6 is 0 Å². The third kappa shape index (κ3) is 21.2. The Morgan fingerprint density at radius 1 is 0.554 bits per heavy atom. The van der Waals surface area contributed by atoms with Crippen molar-refractivity contribution >= 4 is 53.5 Å². The van der Waals surface area contributed by atoms with Crippen LogP contribution in [-0.2, 0) is 56.0 Å². The van der Waals surface area contributed by atoms with Crippen LogP contribution < -0.4 is 54.4 Å². The lowest BCUT2D eigenvalue weighted by atomic mass is 9.82. The number of rotatable bonds is 33. The predicted molar refractivity (Wildman–Crippen MR) is 315 cm³/mol. The molecular weight excluding hydrogens is 1060 g/mol. The molecule has 8 amide bonds. The van der Waals surface area contributed by atoms with E-state index in [9.17, 15) is 48.6 Å². The van der Waals surface area contributed by atoms with Crippen LogP contribution in [0.5, 0.6) is 11.5 Å². The third-order valence-corrected chi connectivity index (χ3v) is 16.9. The van der Waals surface area contributed by atoms with Gasteiger partial charge in [-0.1, -0.05) is 82.6 Å². The van der Waals surface area contributed by atoms with E-state index in [-0.39, 0.29) is 55.0 Å². The van der Waals surface area contributed by atoms with Crippen molar-refractivity contribution in [2.75, 3.05) is 20.1 Å². The Morgan fingerprint density at radius 3 is 1.41 bits per heavy atom. The fraction of sp³-hybridized carbons (Fsp3) is 0.656. The van der Waals surface area contributed by atoms with Gasteiger partial charge in [0.1, 0.15) is 35.9 Å². The van der Waals surface area contributed by atoms with Crippen molar-refractivity contribution in [2.24, 2.45) is 35.0 Å². The van der Waals surface area contributed by atoms with Crippen LogP contribution in [0, 0.1) is 17.8 Å². The van der Waals surface area contributed by atoms with E-state index in [1.54, 1.807) is 36.2 Å². The van der Waals surface area contributed by atoms with Gasteiger partial charge in [-0.05, 0) is 145 Å². The average Bonchev–Trinajstić information content (AvgIpc) is 3.66. The first-order valence-electron chi connectivity index (χ1n) is 30.4. The van der Waals surface area contributed by atoms with E-state index in [4.69, 9.17) is 17.2 Å². The van der Waals surface area contributed by atoms with Gasteiger partial charge in [0.05, 0.1) is 35.9 Å². The number of nitrogens with zero attached hydrogens (tertiary/aromatic N) is 1. The molecule has 0 saturated heterocycles. The number of benzene rings is 2. The second-order valence-electron chi connectivity index (χ2n) is 23.2. The molecule has 83 heavy (non-hydrogen) atoms. The van der Waals surface area contributed by atoms with Crippen LogP contribution in [0.3, 0.4) is 0 Å². The van der Waals surface area contributed by atoms with Crippen molar-refractivity contribution in [1.82, 2.24) is 42.1 Å². The van der Waals surface area contributed by atoms with Crippen molar-refractivity contribution in [3.63, 3.8) is 0 Å². The molecule has 0 bridgehead atoms. The normalized spacial score (nSPS) is 22.0. The molecule has 0 spiro atoms. The average molecular weight is 1160 g/mol. The van der Waals surface area contributed by atoms with Gasteiger partial charge in [0.15, 0.2) is 0 Å². The fourth-order valence-corrected chi connectivity index (χ4v) is 12.1. The second-order valence-corrected chi connectivity index (χ2v) is 23.2. The molecular formula is C61H95N11O11. The lowest BCUT2D eigenvalue weighted by molar-refractivity contribution is -0.136. The lowest BCUT2D eigenvalue weighted by Gasteiger charge is -2.39. The molecule has 0 aliphatic heterocycles. The zero-order valence-corrected chi connectivity index (χ0v) is 49.0. The van der Waals surface area contributed by atoms with E-state index in [2.05, 4.69) is 37.2 Å². The van der Waals surface area contributed by atoms with Crippen molar-refractivity contribution < 1.29 is 53.4 Å². The number of unbranched alkanes of at least 4 members (excludes halogenated alkanes) is 3. The Morgan fingerprint density at radius 2 is 0.976 bits per heavy atom. The van der Waals surface area contributed by atoms with Crippen molar-refractivity contribution in [3.05, 3.63) is 59.7 Å². The summed E-state index contributed by atoms with van der Waals surface area (Å²) < 4.78 is 0. The number of aromatic hydroxyl groups is 2. The molecule has 3 aliphatic carbocycles. The molecule has 22 heteroatoms. The summed E-state index contributed by atoms with van der Waals surface area (Å²) in [5.74, 6) is -5.53. The highest BCUT2D eigenvalue weighted by Crippen LogP contribution is 2.29. The summed E-state index contributed by atoms with van der Waals surface area (Å²) in [5.41, 5.74) is 18.8. The zero-order chi connectivity index (χ0) is 60.4. The van der Waals surface area contributed by atoms with E-state index in [0.29, 0.717) is 127 Å². The molecule has 22 nitrogen and oxygen atoms in total. The van der Waals surface area contributed by atoms with E-state index < -0.39 is 102 Å². The Labute approximate surface area is 489 Å². The van der Waals surface area contributed by atoms with Gasteiger partial charge < -0.3 is 69.4 Å². The summed E-state index contributed by atoms with van der Waals surface area (Å²) in [6.45, 7) is 4.14. The topological polar surface area (TPSA) is 360 Å². The summed E-state index contributed by atoms with van der Waals surface area (Å²) in [4.78, 5) is 126. The van der Waals surface area contributed by atoms with Gasteiger partial charge in [-0.15, -0.1) is 0 Å². The van der Waals surface area contributed by atoms with Crippen molar-refractivity contribution in [2.45, 2.75) is 216 Å². The molecule has 2 aromatic rings. The molecule has 0 radical (unpaired) electrons. The maximum atomic E-state index is 15.0. The summed E-state index contributed by atoms with van der Waals surface area (Å²) in [5, 5.41) is 41.0. The van der Waals surface area contributed by atoms with Gasteiger partial charge >= 0.3 is 0 Å². The number of hydrogen-bond donors (Lipinski definition) is 12. The van der Waals surface area contributed by atoms with E-state index in [1.807, 2.05) is 6.92 Å². The van der Waals surface area contributed by atoms with Crippen molar-refractivity contribution in [1.29, 1.82) is 0 Å². The minimum atomic E-state index is -1.05. The molecule has 460 valence electrons. The second kappa shape index (κ2) is 34.8. The highest BCUT2D eigenvalue weighted by Gasteiger charge is 2.41. The fourth-order valence-electron chi connectivity index (χ4n) is 12.1. The smallest absolute Gasteiger partial charge is 0.242 e. The standard InChI is InChI=1S/C61H95N11O11/c1-4-5-19-49(68-60(82)51(24-13-15-34-63)70-56(78)43-16-6-9-20-46(43)65-38(2)74)54(37-73)72(3)53(36-40-27-31-42(76)32-28-40)61(83)67-48-22-11-8-18-45(48)57(79)69-50(23-12-14-33-62)59(81)66-47-21-10-7-17-44(47)58(80)71-52(55(64)77)35-39-25-29-41(75)30-26-39/h25-32,37,43-54,75-76H,4-24,33-36,62-63H2,1-3H3,(H2,64,77)(H,65,74)(H,66,81)(H,67,83)(H,68,82)(H,69,79)(H,70,78)(H,71,80)/t43?,44?,45-,46+,47+,48+,49+,50?,51?,52+,53?,54?/m0/s1. The Kier molecular flexibility index (Phi) is 28.2. The largest absolute Gasteiger partial charge is 0.508 e. The number of aldehydes is 1. The first-order valence-corrected chi connectivity index (χ1v) is 30.4. The molecule has 2 aromatic carbocycles. The van der Waals surface area contributed by atoms with Gasteiger partial charge in [0.25, 0.3) is 0 Å². The summed E-state index contributed by atoms with van der Waals surface area (Å²) in [6, 6.07) is 5.00. The number of amides is 8. The summed E-state index contributed by atoms with van der Waals surface area (Å²) >= 11 is 0. The number of primary amides is 1. The lowest BCUT2D eigenvalue weighted by Crippen LogP contribution is -2.62. The number of phenols is 2. The van der Waals surface area contributed by atoms with Crippen LogP contribution in [0.25, 0.3) is 0 Å².